The Kier molecular flexibility index (Phi) is 7.23. The third kappa shape index (κ3) is 5.33. The molecule has 1 atom stereocenters. The Morgan fingerprint density at radius 2 is 2.15 bits per heavy atom. The number of nitriles is 1. The molecule has 170 valence electrons. The first kappa shape index (κ1) is 23.2. The number of nitrogens with zero attached hydrogens (tertiary/aromatic N) is 4. The molecule has 4 rings (SSSR count). The van der Waals surface area contributed by atoms with Gasteiger partial charge in [0.1, 0.15) is 5.15 Å². The third-order valence-corrected chi connectivity index (χ3v) is 6.83. The van der Waals surface area contributed by atoms with Crippen molar-refractivity contribution in [3.63, 3.8) is 0 Å². The molecule has 2 N–H and O–H groups in total. The number of rotatable bonds is 5. The van der Waals surface area contributed by atoms with Crippen molar-refractivity contribution >= 4 is 34.1 Å². The maximum atomic E-state index is 13.0. The number of pyridine rings is 1. The zero-order valence-electron chi connectivity index (χ0n) is 18.6. The number of thiazole rings is 1. The normalized spacial score (nSPS) is 15.8. The van der Waals surface area contributed by atoms with Crippen molar-refractivity contribution in [3.05, 3.63) is 52.8 Å². The number of halogens is 1. The molecule has 0 radical (unpaired) electrons. The second-order valence-electron chi connectivity index (χ2n) is 7.85. The van der Waals surface area contributed by atoms with E-state index in [0.717, 1.165) is 41.1 Å². The number of anilines is 1. The number of piperazine rings is 1. The van der Waals surface area contributed by atoms with Crippen LogP contribution in [0.2, 0.25) is 5.15 Å². The number of aryl methyl sites for hydroxylation is 1. The Labute approximate surface area is 202 Å². The van der Waals surface area contributed by atoms with Crippen molar-refractivity contribution in [2.75, 3.05) is 25.0 Å². The van der Waals surface area contributed by atoms with Gasteiger partial charge in [-0.25, -0.2) is 14.8 Å². The number of nitrogens with one attached hydrogen (secondary N) is 2. The molecule has 1 fully saturated rings. The molecule has 1 saturated heterocycles. The first-order valence-electron chi connectivity index (χ1n) is 11.0. The standard InChI is InChI=1S/C24H25ClN6OS/c1-3-18-11-17(12-20(25)28-18)22-21(16-7-5-6-15(10-16)13-26)29-23(33-22)30-24(32)31-9-8-27-19(4-2)14-31/h5-7,10-12,19,27H,3-4,8-9,14H2,1-2H3,(H,29,30,32)/t19-/m0/s1. The van der Waals surface area contributed by atoms with Crippen LogP contribution in [0.1, 0.15) is 31.5 Å². The summed E-state index contributed by atoms with van der Waals surface area (Å²) in [5.74, 6) is 0. The van der Waals surface area contributed by atoms with Crippen LogP contribution in [-0.2, 0) is 6.42 Å². The highest BCUT2D eigenvalue weighted by molar-refractivity contribution is 7.19. The summed E-state index contributed by atoms with van der Waals surface area (Å²) < 4.78 is 0. The summed E-state index contributed by atoms with van der Waals surface area (Å²) in [4.78, 5) is 24.8. The van der Waals surface area contributed by atoms with Gasteiger partial charge in [-0.1, -0.05) is 48.9 Å². The second-order valence-corrected chi connectivity index (χ2v) is 9.23. The molecule has 1 aliphatic rings. The van der Waals surface area contributed by atoms with E-state index in [4.69, 9.17) is 16.6 Å². The monoisotopic (exact) mass is 480 g/mol. The topological polar surface area (TPSA) is 93.9 Å². The zero-order valence-corrected chi connectivity index (χ0v) is 20.1. The van der Waals surface area contributed by atoms with Gasteiger partial charge in [0, 0.05) is 36.9 Å². The average molecular weight is 481 g/mol. The van der Waals surface area contributed by atoms with Crippen LogP contribution >= 0.6 is 22.9 Å². The summed E-state index contributed by atoms with van der Waals surface area (Å²) in [5, 5.41) is 16.7. The van der Waals surface area contributed by atoms with Crippen molar-refractivity contribution in [2.24, 2.45) is 0 Å². The summed E-state index contributed by atoms with van der Waals surface area (Å²) >= 11 is 7.69. The van der Waals surface area contributed by atoms with Gasteiger partial charge in [0.05, 0.1) is 22.2 Å². The molecule has 0 unspecified atom stereocenters. The van der Waals surface area contributed by atoms with Crippen molar-refractivity contribution in [2.45, 2.75) is 32.7 Å². The van der Waals surface area contributed by atoms with Gasteiger partial charge in [0.15, 0.2) is 5.13 Å². The molecule has 3 aromatic rings. The Morgan fingerprint density at radius 3 is 2.91 bits per heavy atom. The largest absolute Gasteiger partial charge is 0.323 e. The van der Waals surface area contributed by atoms with E-state index in [2.05, 4.69) is 28.6 Å². The lowest BCUT2D eigenvalue weighted by Gasteiger charge is -2.32. The van der Waals surface area contributed by atoms with Crippen molar-refractivity contribution in [1.82, 2.24) is 20.2 Å². The smallest absolute Gasteiger partial charge is 0.322 e. The minimum Gasteiger partial charge on any atom is -0.322 e. The van der Waals surface area contributed by atoms with Gasteiger partial charge in [-0.3, -0.25) is 5.32 Å². The van der Waals surface area contributed by atoms with E-state index in [1.807, 2.05) is 30.0 Å². The van der Waals surface area contributed by atoms with E-state index in [9.17, 15) is 10.1 Å². The summed E-state index contributed by atoms with van der Waals surface area (Å²) in [6.45, 7) is 6.22. The summed E-state index contributed by atoms with van der Waals surface area (Å²) in [7, 11) is 0. The van der Waals surface area contributed by atoms with Crippen LogP contribution in [-0.4, -0.2) is 46.6 Å². The predicted octanol–water partition coefficient (Wildman–Crippen LogP) is 5.18. The van der Waals surface area contributed by atoms with Crippen LogP contribution in [0.3, 0.4) is 0 Å². The molecule has 0 aliphatic carbocycles. The Bertz CT molecular complexity index is 1200. The van der Waals surface area contributed by atoms with Crippen LogP contribution in [0.4, 0.5) is 9.93 Å². The predicted molar refractivity (Wildman–Crippen MR) is 133 cm³/mol. The maximum absolute atomic E-state index is 13.0. The second kappa shape index (κ2) is 10.3. The number of urea groups is 1. The van der Waals surface area contributed by atoms with Gasteiger partial charge in [0.25, 0.3) is 0 Å². The van der Waals surface area contributed by atoms with E-state index < -0.39 is 0 Å². The van der Waals surface area contributed by atoms with Crippen LogP contribution in [0.5, 0.6) is 0 Å². The molecule has 2 aromatic heterocycles. The van der Waals surface area contributed by atoms with Crippen molar-refractivity contribution in [3.8, 4) is 27.8 Å². The molecule has 0 saturated carbocycles. The maximum Gasteiger partial charge on any atom is 0.323 e. The number of amides is 2. The molecule has 2 amide bonds. The van der Waals surface area contributed by atoms with E-state index >= 15 is 0 Å². The van der Waals surface area contributed by atoms with Crippen LogP contribution in [0, 0.1) is 11.3 Å². The fraction of sp³-hybridized carbons (Fsp3) is 0.333. The number of aromatic nitrogens is 2. The molecule has 0 bridgehead atoms. The fourth-order valence-electron chi connectivity index (χ4n) is 3.82. The number of carbonyl (C=O) groups is 1. The van der Waals surface area contributed by atoms with Crippen molar-refractivity contribution < 1.29 is 4.79 Å². The quantitative estimate of drug-likeness (QED) is 0.491. The highest BCUT2D eigenvalue weighted by Crippen LogP contribution is 2.40. The molecule has 0 spiro atoms. The lowest BCUT2D eigenvalue weighted by atomic mass is 10.0. The van der Waals surface area contributed by atoms with Gasteiger partial charge in [-0.05, 0) is 42.7 Å². The van der Waals surface area contributed by atoms with Crippen LogP contribution < -0.4 is 10.6 Å². The molecular weight excluding hydrogens is 456 g/mol. The van der Waals surface area contributed by atoms with Gasteiger partial charge in [-0.15, -0.1) is 0 Å². The average Bonchev–Trinajstić information content (AvgIpc) is 3.27. The van der Waals surface area contributed by atoms with E-state index in [1.54, 1.807) is 18.2 Å². The Hall–Kier alpha value is -2.99. The molecule has 1 aromatic carbocycles. The molecule has 33 heavy (non-hydrogen) atoms. The molecule has 7 nitrogen and oxygen atoms in total. The molecule has 9 heteroatoms. The van der Waals surface area contributed by atoms with E-state index in [1.165, 1.54) is 11.3 Å². The molecular formula is C24H25ClN6OS. The van der Waals surface area contributed by atoms with Crippen LogP contribution in [0.25, 0.3) is 21.7 Å². The number of benzene rings is 1. The van der Waals surface area contributed by atoms with Gasteiger partial charge >= 0.3 is 6.03 Å². The van der Waals surface area contributed by atoms with E-state index in [0.29, 0.717) is 40.7 Å². The van der Waals surface area contributed by atoms with Gasteiger partial charge in [-0.2, -0.15) is 5.26 Å². The lowest BCUT2D eigenvalue weighted by molar-refractivity contribution is 0.188. The SMILES string of the molecule is CCc1cc(-c2sc(NC(=O)N3CCN[C@@H](CC)C3)nc2-c2cccc(C#N)c2)cc(Cl)n1. The zero-order chi connectivity index (χ0) is 23.4. The van der Waals surface area contributed by atoms with Crippen LogP contribution in [0.15, 0.2) is 36.4 Å². The summed E-state index contributed by atoms with van der Waals surface area (Å²) in [6, 6.07) is 13.4. The minimum atomic E-state index is -0.158. The number of hydrogen-bond acceptors (Lipinski definition) is 6. The Balaban J connectivity index is 1.72. The third-order valence-electron chi connectivity index (χ3n) is 5.61. The fourth-order valence-corrected chi connectivity index (χ4v) is 5.01. The summed E-state index contributed by atoms with van der Waals surface area (Å²) in [6.07, 6.45) is 1.71. The van der Waals surface area contributed by atoms with Crippen molar-refractivity contribution in [1.29, 1.82) is 5.26 Å². The van der Waals surface area contributed by atoms with Gasteiger partial charge in [0.2, 0.25) is 0 Å². The minimum absolute atomic E-state index is 0.158. The van der Waals surface area contributed by atoms with Gasteiger partial charge < -0.3 is 10.2 Å². The Morgan fingerprint density at radius 1 is 1.30 bits per heavy atom. The number of hydrogen-bond donors (Lipinski definition) is 2. The molecule has 3 heterocycles. The van der Waals surface area contributed by atoms with E-state index in [-0.39, 0.29) is 6.03 Å². The summed E-state index contributed by atoms with van der Waals surface area (Å²) in [5.41, 5.74) is 3.81. The lowest BCUT2D eigenvalue weighted by Crippen LogP contribution is -2.53. The highest BCUT2D eigenvalue weighted by Gasteiger charge is 2.24. The highest BCUT2D eigenvalue weighted by atomic mass is 35.5. The first-order valence-corrected chi connectivity index (χ1v) is 12.2. The number of carbonyl (C=O) groups excluding carboxylic acids is 1. The first-order chi connectivity index (χ1) is 16.0. The molecule has 1 aliphatic heterocycles.